The Bertz CT molecular complexity index is 1330. The average Bonchev–Trinajstić information content (AvgIpc) is 3.10. The molecule has 0 unspecified atom stereocenters. The Balaban J connectivity index is 1.58. The minimum absolute atomic E-state index is 0.00407. The number of imidazole rings is 1. The van der Waals surface area contributed by atoms with Gasteiger partial charge < -0.3 is 20.6 Å². The number of benzene rings is 2. The first-order valence-electron chi connectivity index (χ1n) is 9.55. The number of nitrogen functional groups attached to an aromatic ring is 1. The number of anilines is 2. The van der Waals surface area contributed by atoms with Crippen LogP contribution in [0.3, 0.4) is 0 Å². The molecule has 4 N–H and O–H groups in total. The van der Waals surface area contributed by atoms with Crippen molar-refractivity contribution in [3.05, 3.63) is 52.6 Å². The second kappa shape index (κ2) is 6.51. The Labute approximate surface area is 168 Å². The number of aromatic nitrogens is 3. The topological polar surface area (TPSA) is 90.8 Å². The van der Waals surface area contributed by atoms with Crippen LogP contribution in [0.5, 0.6) is 0 Å². The molecule has 0 spiro atoms. The predicted molar refractivity (Wildman–Crippen MR) is 110 cm³/mol. The standard InChI is InChI=1S/C21H18F3N5O/c22-12-2-1-3-14-16(12)18(25)17(20(30)28-14)19-26-13-5-4-11(10-15(13)27-19)29-8-6-21(23,24)7-9-29/h1-5,10H,6-9H2,(H,26,27)(H3,25,28,30). The molecule has 4 aromatic rings. The van der Waals surface area contributed by atoms with E-state index in [0.29, 0.717) is 16.6 Å². The van der Waals surface area contributed by atoms with Gasteiger partial charge in [-0.3, -0.25) is 4.79 Å². The Hall–Kier alpha value is -3.49. The van der Waals surface area contributed by atoms with Crippen LogP contribution in [-0.4, -0.2) is 34.0 Å². The summed E-state index contributed by atoms with van der Waals surface area (Å²) in [5.74, 6) is -2.94. The SMILES string of the molecule is Nc1c(-c2nc3ccc(N4CCC(F)(F)CC4)cc3[nH]2)c(=O)[nH]c2cccc(F)c12. The first kappa shape index (κ1) is 18.5. The fourth-order valence-corrected chi connectivity index (χ4v) is 3.97. The van der Waals surface area contributed by atoms with Crippen molar-refractivity contribution >= 4 is 33.3 Å². The maximum atomic E-state index is 14.3. The quantitative estimate of drug-likeness (QED) is 0.463. The first-order chi connectivity index (χ1) is 14.3. The van der Waals surface area contributed by atoms with Gasteiger partial charge in [0.25, 0.3) is 11.5 Å². The molecule has 0 radical (unpaired) electrons. The van der Waals surface area contributed by atoms with Gasteiger partial charge in [-0.05, 0) is 30.3 Å². The van der Waals surface area contributed by atoms with Gasteiger partial charge in [0.15, 0.2) is 0 Å². The van der Waals surface area contributed by atoms with E-state index in [1.807, 2.05) is 11.0 Å². The number of hydrogen-bond acceptors (Lipinski definition) is 4. The monoisotopic (exact) mass is 413 g/mol. The van der Waals surface area contributed by atoms with Crippen molar-refractivity contribution in [2.24, 2.45) is 0 Å². The highest BCUT2D eigenvalue weighted by molar-refractivity contribution is 5.98. The molecule has 9 heteroatoms. The van der Waals surface area contributed by atoms with Crippen LogP contribution in [0.1, 0.15) is 12.8 Å². The van der Waals surface area contributed by atoms with Crippen molar-refractivity contribution in [2.75, 3.05) is 23.7 Å². The number of nitrogens with one attached hydrogen (secondary N) is 2. The first-order valence-corrected chi connectivity index (χ1v) is 9.55. The number of H-pyrrole nitrogens is 2. The molecule has 1 fully saturated rings. The molecular weight excluding hydrogens is 395 g/mol. The molecular formula is C21H18F3N5O. The molecule has 0 amide bonds. The van der Waals surface area contributed by atoms with E-state index in [4.69, 9.17) is 5.73 Å². The fourth-order valence-electron chi connectivity index (χ4n) is 3.97. The largest absolute Gasteiger partial charge is 0.397 e. The molecule has 0 aliphatic carbocycles. The van der Waals surface area contributed by atoms with Gasteiger partial charge in [-0.25, -0.2) is 18.2 Å². The number of aromatic amines is 2. The summed E-state index contributed by atoms with van der Waals surface area (Å²) < 4.78 is 41.2. The Morgan fingerprint density at radius 2 is 1.83 bits per heavy atom. The number of nitrogens with zero attached hydrogens (tertiary/aromatic N) is 2. The minimum atomic E-state index is -2.62. The van der Waals surface area contributed by atoms with Crippen molar-refractivity contribution in [1.29, 1.82) is 0 Å². The molecule has 5 rings (SSSR count). The van der Waals surface area contributed by atoms with E-state index in [0.717, 1.165) is 5.69 Å². The number of piperidine rings is 1. The third-order valence-electron chi connectivity index (χ3n) is 5.59. The second-order valence-corrected chi connectivity index (χ2v) is 7.54. The van der Waals surface area contributed by atoms with Crippen LogP contribution in [0.25, 0.3) is 33.3 Å². The summed E-state index contributed by atoms with van der Waals surface area (Å²) in [4.78, 5) is 24.7. The second-order valence-electron chi connectivity index (χ2n) is 7.54. The van der Waals surface area contributed by atoms with Gasteiger partial charge in [-0.2, -0.15) is 0 Å². The van der Waals surface area contributed by atoms with Crippen molar-refractivity contribution in [1.82, 2.24) is 15.0 Å². The van der Waals surface area contributed by atoms with Crippen molar-refractivity contribution in [2.45, 2.75) is 18.8 Å². The lowest BCUT2D eigenvalue weighted by atomic mass is 10.1. The molecule has 0 atom stereocenters. The molecule has 1 saturated heterocycles. The lowest BCUT2D eigenvalue weighted by Crippen LogP contribution is -2.39. The van der Waals surface area contributed by atoms with E-state index in [1.165, 1.54) is 12.1 Å². The van der Waals surface area contributed by atoms with Gasteiger partial charge in [0.1, 0.15) is 17.2 Å². The van der Waals surface area contributed by atoms with Crippen LogP contribution < -0.4 is 16.2 Å². The van der Waals surface area contributed by atoms with Crippen molar-refractivity contribution < 1.29 is 13.2 Å². The predicted octanol–water partition coefficient (Wildman–Crippen LogP) is 4.03. The molecule has 0 bridgehead atoms. The average molecular weight is 413 g/mol. The van der Waals surface area contributed by atoms with E-state index in [1.54, 1.807) is 18.2 Å². The number of rotatable bonds is 2. The summed E-state index contributed by atoms with van der Waals surface area (Å²) in [5.41, 5.74) is 8.04. The summed E-state index contributed by atoms with van der Waals surface area (Å²) in [6.45, 7) is 0.520. The number of fused-ring (bicyclic) bond motifs is 2. The summed E-state index contributed by atoms with van der Waals surface area (Å²) in [7, 11) is 0. The molecule has 6 nitrogen and oxygen atoms in total. The smallest absolute Gasteiger partial charge is 0.261 e. The van der Waals surface area contributed by atoms with Crippen LogP contribution in [0, 0.1) is 5.82 Å². The van der Waals surface area contributed by atoms with Crippen molar-refractivity contribution in [3.63, 3.8) is 0 Å². The molecule has 1 aliphatic rings. The van der Waals surface area contributed by atoms with Crippen molar-refractivity contribution in [3.8, 4) is 11.4 Å². The number of alkyl halides is 2. The maximum Gasteiger partial charge on any atom is 0.261 e. The molecule has 2 aromatic carbocycles. The van der Waals surface area contributed by atoms with Gasteiger partial charge in [-0.1, -0.05) is 6.07 Å². The summed E-state index contributed by atoms with van der Waals surface area (Å²) in [5, 5.41) is 0.127. The third kappa shape index (κ3) is 2.97. The number of hydrogen-bond donors (Lipinski definition) is 3. The van der Waals surface area contributed by atoms with Crippen LogP contribution in [-0.2, 0) is 0 Å². The molecule has 2 aromatic heterocycles. The maximum absolute atomic E-state index is 14.3. The third-order valence-corrected chi connectivity index (χ3v) is 5.59. The Morgan fingerprint density at radius 3 is 2.60 bits per heavy atom. The number of pyridine rings is 1. The fraction of sp³-hybridized carbons (Fsp3) is 0.238. The van der Waals surface area contributed by atoms with Crippen LogP contribution in [0.2, 0.25) is 0 Å². The van der Waals surface area contributed by atoms with Crippen LogP contribution >= 0.6 is 0 Å². The molecule has 0 saturated carbocycles. The van der Waals surface area contributed by atoms with Gasteiger partial charge in [0.05, 0.1) is 27.6 Å². The highest BCUT2D eigenvalue weighted by atomic mass is 19.3. The zero-order valence-corrected chi connectivity index (χ0v) is 15.8. The van der Waals surface area contributed by atoms with Gasteiger partial charge in [-0.15, -0.1) is 0 Å². The number of halogens is 3. The van der Waals surface area contributed by atoms with E-state index < -0.39 is 17.3 Å². The molecule has 3 heterocycles. The Morgan fingerprint density at radius 1 is 1.07 bits per heavy atom. The summed E-state index contributed by atoms with van der Waals surface area (Å²) in [6.07, 6.45) is -0.373. The Kier molecular flexibility index (Phi) is 4.02. The van der Waals surface area contributed by atoms with Gasteiger partial charge in [0, 0.05) is 31.6 Å². The number of nitrogens with two attached hydrogens (primary N) is 1. The lowest BCUT2D eigenvalue weighted by Gasteiger charge is -2.33. The van der Waals surface area contributed by atoms with E-state index in [-0.39, 0.29) is 48.4 Å². The van der Waals surface area contributed by atoms with E-state index >= 15 is 0 Å². The summed E-state index contributed by atoms with van der Waals surface area (Å²) >= 11 is 0. The molecule has 1 aliphatic heterocycles. The van der Waals surface area contributed by atoms with E-state index in [2.05, 4.69) is 15.0 Å². The molecule has 154 valence electrons. The van der Waals surface area contributed by atoms with Crippen LogP contribution in [0.15, 0.2) is 41.2 Å². The minimum Gasteiger partial charge on any atom is -0.397 e. The van der Waals surface area contributed by atoms with E-state index in [9.17, 15) is 18.0 Å². The van der Waals surface area contributed by atoms with Gasteiger partial charge in [0.2, 0.25) is 0 Å². The zero-order valence-electron chi connectivity index (χ0n) is 15.8. The highest BCUT2D eigenvalue weighted by Crippen LogP contribution is 2.33. The molecule has 30 heavy (non-hydrogen) atoms. The highest BCUT2D eigenvalue weighted by Gasteiger charge is 2.34. The normalized spacial score (nSPS) is 16.4. The summed E-state index contributed by atoms with van der Waals surface area (Å²) in [6, 6.07) is 9.71. The van der Waals surface area contributed by atoms with Gasteiger partial charge >= 0.3 is 0 Å². The lowest BCUT2D eigenvalue weighted by molar-refractivity contribution is -0.0220. The zero-order chi connectivity index (χ0) is 21.0. The van der Waals surface area contributed by atoms with Crippen LogP contribution in [0.4, 0.5) is 24.5 Å².